The molecule has 0 aliphatic carbocycles. The molecule has 1 heteroatoms. The van der Waals surface area contributed by atoms with Crippen molar-refractivity contribution in [2.24, 2.45) is 0 Å². The van der Waals surface area contributed by atoms with E-state index in [1.54, 1.807) is 0 Å². The quantitative estimate of drug-likeness (QED) is 0.698. The Morgan fingerprint density at radius 2 is 2.00 bits per heavy atom. The zero-order valence-corrected chi connectivity index (χ0v) is 8.61. The van der Waals surface area contributed by atoms with E-state index in [-0.39, 0.29) is 11.7 Å². The minimum atomic E-state index is -0.00356. The number of rotatable bonds is 5. The van der Waals surface area contributed by atoms with Crippen LogP contribution in [-0.4, -0.2) is 5.11 Å². The van der Waals surface area contributed by atoms with E-state index in [0.29, 0.717) is 0 Å². The van der Waals surface area contributed by atoms with Crippen molar-refractivity contribution in [3.05, 3.63) is 48.2 Å². The van der Waals surface area contributed by atoms with Crippen LogP contribution in [0.15, 0.2) is 36.1 Å². The highest BCUT2D eigenvalue weighted by Gasteiger charge is 2.13. The van der Waals surface area contributed by atoms with E-state index >= 15 is 0 Å². The van der Waals surface area contributed by atoms with Gasteiger partial charge in [0.25, 0.3) is 0 Å². The first-order valence-corrected chi connectivity index (χ1v) is 5.12. The molecule has 0 aliphatic rings. The average molecular weight is 189 g/mol. The van der Waals surface area contributed by atoms with Crippen LogP contribution in [0.1, 0.15) is 37.7 Å². The Labute approximate surface area is 86.1 Å². The lowest BCUT2D eigenvalue weighted by Gasteiger charge is -2.15. The minimum Gasteiger partial charge on any atom is -0.512 e. The summed E-state index contributed by atoms with van der Waals surface area (Å²) in [4.78, 5) is 0. The molecule has 1 rings (SSSR count). The van der Waals surface area contributed by atoms with E-state index in [4.69, 9.17) is 6.58 Å². The number of unbranched alkanes of at least 4 members (excludes halogenated alkanes) is 1. The molecule has 1 unspecified atom stereocenters. The van der Waals surface area contributed by atoms with Gasteiger partial charge in [0.15, 0.2) is 0 Å². The SMILES string of the molecule is [CH]=C(O)C(CCCC)c1ccccc1. The molecule has 0 aliphatic heterocycles. The third-order valence-corrected chi connectivity index (χ3v) is 2.41. The smallest absolute Gasteiger partial charge is 0.0998 e. The van der Waals surface area contributed by atoms with Crippen LogP contribution < -0.4 is 0 Å². The van der Waals surface area contributed by atoms with Gasteiger partial charge in [0.1, 0.15) is 0 Å². The van der Waals surface area contributed by atoms with E-state index in [2.05, 4.69) is 6.92 Å². The van der Waals surface area contributed by atoms with Crippen LogP contribution in [0.4, 0.5) is 0 Å². The molecular formula is C13H17O. The van der Waals surface area contributed by atoms with Crippen molar-refractivity contribution < 1.29 is 5.11 Å². The Morgan fingerprint density at radius 3 is 2.50 bits per heavy atom. The fourth-order valence-electron chi connectivity index (χ4n) is 1.58. The van der Waals surface area contributed by atoms with Crippen molar-refractivity contribution in [3.63, 3.8) is 0 Å². The molecule has 1 radical (unpaired) electrons. The summed E-state index contributed by atoms with van der Waals surface area (Å²) in [5, 5.41) is 9.39. The maximum atomic E-state index is 9.39. The Hall–Kier alpha value is -1.24. The molecule has 0 spiro atoms. The summed E-state index contributed by atoms with van der Waals surface area (Å²) in [6.07, 6.45) is 3.13. The normalized spacial score (nSPS) is 12.4. The molecule has 14 heavy (non-hydrogen) atoms. The van der Waals surface area contributed by atoms with Gasteiger partial charge in [0.05, 0.1) is 5.76 Å². The molecule has 0 saturated heterocycles. The van der Waals surface area contributed by atoms with Gasteiger partial charge in [-0.2, -0.15) is 0 Å². The van der Waals surface area contributed by atoms with Gasteiger partial charge >= 0.3 is 0 Å². The van der Waals surface area contributed by atoms with Crippen molar-refractivity contribution in [2.75, 3.05) is 0 Å². The average Bonchev–Trinajstić information content (AvgIpc) is 2.19. The fourth-order valence-corrected chi connectivity index (χ4v) is 1.58. The van der Waals surface area contributed by atoms with Gasteiger partial charge < -0.3 is 5.11 Å². The Morgan fingerprint density at radius 1 is 1.36 bits per heavy atom. The molecule has 1 aromatic carbocycles. The van der Waals surface area contributed by atoms with E-state index in [1.807, 2.05) is 30.3 Å². The van der Waals surface area contributed by atoms with Crippen molar-refractivity contribution in [2.45, 2.75) is 32.1 Å². The van der Waals surface area contributed by atoms with Crippen molar-refractivity contribution in [3.8, 4) is 0 Å². The minimum absolute atomic E-state index is 0.00356. The van der Waals surface area contributed by atoms with Gasteiger partial charge in [-0.1, -0.05) is 50.1 Å². The fraction of sp³-hybridized carbons (Fsp3) is 0.385. The molecular weight excluding hydrogens is 172 g/mol. The predicted octanol–water partition coefficient (Wildman–Crippen LogP) is 3.84. The molecule has 0 fully saturated rings. The molecule has 1 nitrogen and oxygen atoms in total. The summed E-state index contributed by atoms with van der Waals surface area (Å²) in [7, 11) is 0. The van der Waals surface area contributed by atoms with Crippen LogP contribution in [0.5, 0.6) is 0 Å². The van der Waals surface area contributed by atoms with Crippen LogP contribution >= 0.6 is 0 Å². The topological polar surface area (TPSA) is 20.2 Å². The number of hydrogen-bond donors (Lipinski definition) is 1. The highest BCUT2D eigenvalue weighted by atomic mass is 16.3. The zero-order valence-electron chi connectivity index (χ0n) is 8.61. The largest absolute Gasteiger partial charge is 0.512 e. The zero-order chi connectivity index (χ0) is 10.4. The summed E-state index contributed by atoms with van der Waals surface area (Å²) < 4.78 is 0. The van der Waals surface area contributed by atoms with Crippen LogP contribution in [0.3, 0.4) is 0 Å². The number of aliphatic hydroxyl groups excluding tert-OH is 1. The van der Waals surface area contributed by atoms with Gasteiger partial charge in [-0.05, 0) is 18.6 Å². The molecule has 1 atom stereocenters. The van der Waals surface area contributed by atoms with Crippen LogP contribution in [0, 0.1) is 6.58 Å². The van der Waals surface area contributed by atoms with Crippen LogP contribution in [0.2, 0.25) is 0 Å². The number of benzene rings is 1. The second-order valence-electron chi connectivity index (χ2n) is 3.53. The summed E-state index contributed by atoms with van der Waals surface area (Å²) in [5.41, 5.74) is 1.10. The van der Waals surface area contributed by atoms with Gasteiger partial charge in [-0.25, -0.2) is 0 Å². The van der Waals surface area contributed by atoms with Gasteiger partial charge in [0.2, 0.25) is 0 Å². The monoisotopic (exact) mass is 189 g/mol. The lowest BCUT2D eigenvalue weighted by Crippen LogP contribution is -2.01. The van der Waals surface area contributed by atoms with E-state index in [1.165, 1.54) is 0 Å². The maximum absolute atomic E-state index is 9.39. The first kappa shape index (κ1) is 10.8. The van der Waals surface area contributed by atoms with Gasteiger partial charge in [-0.3, -0.25) is 0 Å². The van der Waals surface area contributed by atoms with E-state index in [0.717, 1.165) is 24.8 Å². The summed E-state index contributed by atoms with van der Waals surface area (Å²) in [6.45, 7) is 7.62. The van der Waals surface area contributed by atoms with Crippen LogP contribution in [0.25, 0.3) is 0 Å². The molecule has 0 bridgehead atoms. The highest BCUT2D eigenvalue weighted by molar-refractivity contribution is 5.24. The number of hydrogen-bond acceptors (Lipinski definition) is 1. The van der Waals surface area contributed by atoms with E-state index < -0.39 is 0 Å². The summed E-state index contributed by atoms with van der Waals surface area (Å²) >= 11 is 0. The van der Waals surface area contributed by atoms with Gasteiger partial charge in [0, 0.05) is 5.92 Å². The maximum Gasteiger partial charge on any atom is 0.0998 e. The molecule has 1 aromatic rings. The Balaban J connectivity index is 2.73. The summed E-state index contributed by atoms with van der Waals surface area (Å²) in [6, 6.07) is 9.91. The molecule has 75 valence electrons. The number of aliphatic hydroxyl groups is 1. The lowest BCUT2D eigenvalue weighted by atomic mass is 9.92. The second-order valence-corrected chi connectivity index (χ2v) is 3.53. The van der Waals surface area contributed by atoms with Crippen molar-refractivity contribution >= 4 is 0 Å². The molecule has 0 saturated carbocycles. The third kappa shape index (κ3) is 2.91. The first-order valence-electron chi connectivity index (χ1n) is 5.12. The molecule has 0 amide bonds. The van der Waals surface area contributed by atoms with Crippen LogP contribution in [-0.2, 0) is 0 Å². The highest BCUT2D eigenvalue weighted by Crippen LogP contribution is 2.26. The van der Waals surface area contributed by atoms with Crippen molar-refractivity contribution in [1.82, 2.24) is 0 Å². The first-order chi connectivity index (χ1) is 6.75. The lowest BCUT2D eigenvalue weighted by molar-refractivity contribution is 0.357. The molecule has 1 N–H and O–H groups in total. The Kier molecular flexibility index (Phi) is 4.24. The third-order valence-electron chi connectivity index (χ3n) is 2.41. The number of allylic oxidation sites excluding steroid dienone is 1. The van der Waals surface area contributed by atoms with E-state index in [9.17, 15) is 5.11 Å². The Bertz CT molecular complexity index is 277. The van der Waals surface area contributed by atoms with Crippen molar-refractivity contribution in [1.29, 1.82) is 0 Å². The van der Waals surface area contributed by atoms with Gasteiger partial charge in [-0.15, -0.1) is 0 Å². The molecule has 0 aromatic heterocycles. The predicted molar refractivity (Wildman–Crippen MR) is 59.1 cm³/mol. The summed E-state index contributed by atoms with van der Waals surface area (Å²) in [5.74, 6) is 0.0285. The molecule has 0 heterocycles. The second kappa shape index (κ2) is 5.48. The standard InChI is InChI=1S/C13H17O/c1-3-4-10-13(11(2)14)12-8-6-5-7-9-12/h2,5-9,13-14H,3-4,10H2,1H3.